The van der Waals surface area contributed by atoms with Gasteiger partial charge in [0.1, 0.15) is 0 Å². The Bertz CT molecular complexity index is 465. The molecule has 19 heavy (non-hydrogen) atoms. The Balaban J connectivity index is 1.75. The summed E-state index contributed by atoms with van der Waals surface area (Å²) in [5.41, 5.74) is 0. The van der Waals surface area contributed by atoms with Crippen molar-refractivity contribution >= 4 is 11.8 Å². The number of aryl methyl sites for hydroxylation is 1. The number of aromatic nitrogens is 6. The summed E-state index contributed by atoms with van der Waals surface area (Å²) in [4.78, 5) is 4.01. The van der Waals surface area contributed by atoms with E-state index in [1.54, 1.807) is 18.0 Å². The van der Waals surface area contributed by atoms with Gasteiger partial charge in [0.25, 0.3) is 0 Å². The van der Waals surface area contributed by atoms with Gasteiger partial charge in [-0.25, -0.2) is 9.67 Å². The summed E-state index contributed by atoms with van der Waals surface area (Å²) in [7, 11) is 0. The van der Waals surface area contributed by atoms with E-state index in [1.165, 1.54) is 0 Å². The molecule has 0 bridgehead atoms. The van der Waals surface area contributed by atoms with Crippen LogP contribution in [-0.4, -0.2) is 48.1 Å². The Kier molecular flexibility index (Phi) is 5.34. The molecule has 0 aliphatic heterocycles. The van der Waals surface area contributed by atoms with Crippen LogP contribution in [-0.2, 0) is 13.1 Å². The Morgan fingerprint density at radius 3 is 3.00 bits per heavy atom. The lowest BCUT2D eigenvalue weighted by atomic mass is 10.4. The summed E-state index contributed by atoms with van der Waals surface area (Å²) in [6, 6.07) is 0.480. The van der Waals surface area contributed by atoms with Gasteiger partial charge in [-0.3, -0.25) is 0 Å². The number of hydrogen-bond acceptors (Lipinski definition) is 6. The van der Waals surface area contributed by atoms with Crippen molar-refractivity contribution in [3.05, 3.63) is 18.7 Å². The maximum absolute atomic E-state index is 4.04. The van der Waals surface area contributed by atoms with E-state index in [0.29, 0.717) is 6.04 Å². The van der Waals surface area contributed by atoms with E-state index in [1.807, 2.05) is 21.8 Å². The molecule has 2 rings (SSSR count). The van der Waals surface area contributed by atoms with Crippen LogP contribution >= 0.6 is 11.8 Å². The average molecular weight is 281 g/mol. The number of nitrogens with one attached hydrogen (secondary N) is 1. The quantitative estimate of drug-likeness (QED) is 0.717. The van der Waals surface area contributed by atoms with Gasteiger partial charge < -0.3 is 9.88 Å². The third-order valence-electron chi connectivity index (χ3n) is 2.52. The average Bonchev–Trinajstić information content (AvgIpc) is 3.01. The van der Waals surface area contributed by atoms with Gasteiger partial charge in [0, 0.05) is 37.3 Å². The molecule has 0 saturated carbocycles. The zero-order valence-corrected chi connectivity index (χ0v) is 12.0. The van der Waals surface area contributed by atoms with Crippen molar-refractivity contribution in [1.29, 1.82) is 0 Å². The first-order valence-electron chi connectivity index (χ1n) is 6.34. The highest BCUT2D eigenvalue weighted by Crippen LogP contribution is 2.13. The van der Waals surface area contributed by atoms with Gasteiger partial charge in [0.2, 0.25) is 5.16 Å². The van der Waals surface area contributed by atoms with E-state index in [0.717, 1.165) is 30.5 Å². The van der Waals surface area contributed by atoms with E-state index >= 15 is 0 Å². The second-order valence-corrected chi connectivity index (χ2v) is 5.50. The second-order valence-electron chi connectivity index (χ2n) is 4.44. The summed E-state index contributed by atoms with van der Waals surface area (Å²) in [5.74, 6) is 0.925. The number of tetrazole rings is 1. The Morgan fingerprint density at radius 1 is 1.37 bits per heavy atom. The first kappa shape index (κ1) is 14.0. The fraction of sp³-hybridized carbons (Fsp3) is 0.636. The first-order valence-corrected chi connectivity index (χ1v) is 7.32. The van der Waals surface area contributed by atoms with Gasteiger partial charge in [-0.05, 0) is 10.4 Å². The van der Waals surface area contributed by atoms with Crippen LogP contribution in [0.1, 0.15) is 13.8 Å². The van der Waals surface area contributed by atoms with E-state index < -0.39 is 0 Å². The van der Waals surface area contributed by atoms with E-state index in [4.69, 9.17) is 0 Å². The van der Waals surface area contributed by atoms with Gasteiger partial charge in [0.15, 0.2) is 0 Å². The lowest BCUT2D eigenvalue weighted by Crippen LogP contribution is -2.27. The summed E-state index contributed by atoms with van der Waals surface area (Å²) in [6.07, 6.45) is 5.55. The molecule has 0 aliphatic carbocycles. The van der Waals surface area contributed by atoms with Gasteiger partial charge in [-0.15, -0.1) is 5.10 Å². The Morgan fingerprint density at radius 2 is 2.26 bits per heavy atom. The smallest absolute Gasteiger partial charge is 0.209 e. The maximum atomic E-state index is 4.04. The number of imidazole rings is 1. The lowest BCUT2D eigenvalue weighted by molar-refractivity contribution is 0.485. The van der Waals surface area contributed by atoms with Crippen molar-refractivity contribution in [1.82, 2.24) is 35.1 Å². The largest absolute Gasteiger partial charge is 0.337 e. The van der Waals surface area contributed by atoms with Crippen LogP contribution in [0.4, 0.5) is 0 Å². The summed E-state index contributed by atoms with van der Waals surface area (Å²) in [6.45, 7) is 6.82. The normalized spacial score (nSPS) is 11.3. The van der Waals surface area contributed by atoms with Gasteiger partial charge in [0.05, 0.1) is 12.9 Å². The zero-order chi connectivity index (χ0) is 13.5. The molecule has 0 atom stereocenters. The molecule has 2 heterocycles. The van der Waals surface area contributed by atoms with Crippen LogP contribution < -0.4 is 5.32 Å². The van der Waals surface area contributed by atoms with Crippen LogP contribution in [0.5, 0.6) is 0 Å². The third-order valence-corrected chi connectivity index (χ3v) is 3.45. The van der Waals surface area contributed by atoms with Gasteiger partial charge >= 0.3 is 0 Å². The molecule has 2 aromatic rings. The molecule has 104 valence electrons. The van der Waals surface area contributed by atoms with Crippen molar-refractivity contribution in [2.24, 2.45) is 0 Å². The molecule has 0 spiro atoms. The predicted molar refractivity (Wildman–Crippen MR) is 73.9 cm³/mol. The van der Waals surface area contributed by atoms with E-state index in [-0.39, 0.29) is 0 Å². The SMILES string of the molecule is CC(C)NCCn1nnnc1SCCn1ccnc1. The highest BCUT2D eigenvalue weighted by molar-refractivity contribution is 7.99. The van der Waals surface area contributed by atoms with Crippen LogP contribution in [0.15, 0.2) is 23.9 Å². The molecule has 0 fully saturated rings. The Hall–Kier alpha value is -1.41. The zero-order valence-electron chi connectivity index (χ0n) is 11.2. The predicted octanol–water partition coefficient (Wildman–Crippen LogP) is 0.660. The molecule has 0 aliphatic rings. The molecule has 2 aromatic heterocycles. The molecule has 0 amide bonds. The molecular formula is C11H19N7S. The van der Waals surface area contributed by atoms with Crippen LogP contribution in [0.2, 0.25) is 0 Å². The number of nitrogens with zero attached hydrogens (tertiary/aromatic N) is 6. The van der Waals surface area contributed by atoms with E-state index in [9.17, 15) is 0 Å². The first-order chi connectivity index (χ1) is 9.25. The number of rotatable bonds is 8. The maximum Gasteiger partial charge on any atom is 0.209 e. The van der Waals surface area contributed by atoms with Crippen molar-refractivity contribution in [3.8, 4) is 0 Å². The second kappa shape index (κ2) is 7.25. The van der Waals surface area contributed by atoms with Crippen LogP contribution in [0.3, 0.4) is 0 Å². The molecule has 0 saturated heterocycles. The molecular weight excluding hydrogens is 262 g/mol. The van der Waals surface area contributed by atoms with E-state index in [2.05, 4.69) is 39.7 Å². The topological polar surface area (TPSA) is 73.5 Å². The third kappa shape index (κ3) is 4.64. The number of thioether (sulfide) groups is 1. The minimum absolute atomic E-state index is 0.480. The highest BCUT2D eigenvalue weighted by atomic mass is 32.2. The minimum Gasteiger partial charge on any atom is -0.337 e. The van der Waals surface area contributed by atoms with Gasteiger partial charge in [-0.2, -0.15) is 0 Å². The van der Waals surface area contributed by atoms with Gasteiger partial charge in [-0.1, -0.05) is 25.6 Å². The Labute approximate surface area is 116 Å². The molecule has 0 unspecified atom stereocenters. The standard InChI is InChI=1S/C11H19N7S/c1-10(2)13-4-6-18-11(14-15-16-18)19-8-7-17-5-3-12-9-17/h3,5,9-10,13H,4,6-8H2,1-2H3. The van der Waals surface area contributed by atoms with Crippen molar-refractivity contribution in [2.75, 3.05) is 12.3 Å². The van der Waals surface area contributed by atoms with Crippen LogP contribution in [0, 0.1) is 0 Å². The monoisotopic (exact) mass is 281 g/mol. The molecule has 0 aromatic carbocycles. The minimum atomic E-state index is 0.480. The van der Waals surface area contributed by atoms with Crippen molar-refractivity contribution < 1.29 is 0 Å². The molecule has 7 nitrogen and oxygen atoms in total. The summed E-state index contributed by atoms with van der Waals surface area (Å²) in [5, 5.41) is 16.0. The lowest BCUT2D eigenvalue weighted by Gasteiger charge is -2.08. The summed E-state index contributed by atoms with van der Waals surface area (Å²) >= 11 is 1.66. The molecule has 1 N–H and O–H groups in total. The van der Waals surface area contributed by atoms with Crippen molar-refractivity contribution in [3.63, 3.8) is 0 Å². The molecule has 8 heteroatoms. The molecule has 0 radical (unpaired) electrons. The fourth-order valence-electron chi connectivity index (χ4n) is 1.56. The highest BCUT2D eigenvalue weighted by Gasteiger charge is 2.06. The van der Waals surface area contributed by atoms with Crippen LogP contribution in [0.25, 0.3) is 0 Å². The number of hydrogen-bond donors (Lipinski definition) is 1. The summed E-state index contributed by atoms with van der Waals surface area (Å²) < 4.78 is 3.88. The fourth-order valence-corrected chi connectivity index (χ4v) is 2.42. The van der Waals surface area contributed by atoms with Crippen molar-refractivity contribution in [2.45, 2.75) is 38.1 Å².